The molecule has 0 amide bonds. The summed E-state index contributed by atoms with van der Waals surface area (Å²) in [5.74, 6) is -0.437. The zero-order valence-electron chi connectivity index (χ0n) is 11.5. The van der Waals surface area contributed by atoms with E-state index >= 15 is 0 Å². The molecule has 21 heavy (non-hydrogen) atoms. The van der Waals surface area contributed by atoms with Crippen molar-refractivity contribution >= 4 is 21.9 Å². The Balaban J connectivity index is 2.37. The number of methoxy groups -OCH3 is 1. The summed E-state index contributed by atoms with van der Waals surface area (Å²) in [4.78, 5) is 34.9. The molecule has 0 bridgehead atoms. The number of hydrogen-bond acceptors (Lipinski definition) is 4. The normalized spacial score (nSPS) is 10.4. The Hall–Kier alpha value is -2.15. The third-order valence-corrected chi connectivity index (χ3v) is 3.79. The highest BCUT2D eigenvalue weighted by atomic mass is 79.9. The van der Waals surface area contributed by atoms with Gasteiger partial charge in [-0.25, -0.2) is 4.79 Å². The first-order valence-corrected chi connectivity index (χ1v) is 6.86. The fourth-order valence-corrected chi connectivity index (χ4v) is 2.32. The molecule has 0 aliphatic rings. The summed E-state index contributed by atoms with van der Waals surface area (Å²) in [6.07, 6.45) is 3.07. The number of esters is 1. The standard InChI is InChI=1S/C14H13BrN2O4/c1-16-5-6-17(13(19)12(16)18)8-10-4-3-9(7-11(10)15)14(20)21-2/h3-7H,8H2,1-2H3. The lowest BCUT2D eigenvalue weighted by Gasteiger charge is -2.09. The van der Waals surface area contributed by atoms with Crippen molar-refractivity contribution < 1.29 is 9.53 Å². The van der Waals surface area contributed by atoms with Gasteiger partial charge in [-0.15, -0.1) is 0 Å². The molecular weight excluding hydrogens is 340 g/mol. The second-order valence-corrected chi connectivity index (χ2v) is 5.30. The van der Waals surface area contributed by atoms with E-state index in [9.17, 15) is 14.4 Å². The first kappa shape index (κ1) is 15.2. The van der Waals surface area contributed by atoms with Crippen molar-refractivity contribution in [2.75, 3.05) is 7.11 Å². The molecule has 0 unspecified atom stereocenters. The van der Waals surface area contributed by atoms with Crippen LogP contribution in [0.4, 0.5) is 0 Å². The van der Waals surface area contributed by atoms with Gasteiger partial charge in [0.25, 0.3) is 0 Å². The maximum absolute atomic E-state index is 11.9. The van der Waals surface area contributed by atoms with E-state index in [1.165, 1.54) is 29.5 Å². The van der Waals surface area contributed by atoms with Crippen LogP contribution in [0.5, 0.6) is 0 Å². The SMILES string of the molecule is COC(=O)c1ccc(Cn2ccn(C)c(=O)c2=O)c(Br)c1. The summed E-state index contributed by atoms with van der Waals surface area (Å²) in [5, 5.41) is 0. The fourth-order valence-electron chi connectivity index (χ4n) is 1.82. The number of ether oxygens (including phenoxy) is 1. The minimum Gasteiger partial charge on any atom is -0.465 e. The van der Waals surface area contributed by atoms with Gasteiger partial charge in [0.1, 0.15) is 0 Å². The molecule has 7 heteroatoms. The van der Waals surface area contributed by atoms with Gasteiger partial charge >= 0.3 is 17.1 Å². The third-order valence-electron chi connectivity index (χ3n) is 3.05. The van der Waals surface area contributed by atoms with E-state index in [1.54, 1.807) is 24.4 Å². The maximum atomic E-state index is 11.9. The van der Waals surface area contributed by atoms with Gasteiger partial charge in [-0.1, -0.05) is 22.0 Å². The number of carbonyl (C=O) groups is 1. The number of rotatable bonds is 3. The Morgan fingerprint density at radius 3 is 2.57 bits per heavy atom. The van der Waals surface area contributed by atoms with Gasteiger partial charge in [-0.3, -0.25) is 9.59 Å². The third kappa shape index (κ3) is 3.13. The van der Waals surface area contributed by atoms with Crippen LogP contribution in [0.2, 0.25) is 0 Å². The molecule has 0 N–H and O–H groups in total. The Morgan fingerprint density at radius 2 is 1.95 bits per heavy atom. The molecule has 2 aromatic rings. The molecule has 0 saturated heterocycles. The molecule has 0 atom stereocenters. The Bertz CT molecular complexity index is 807. The van der Waals surface area contributed by atoms with Gasteiger partial charge in [-0.05, 0) is 17.7 Å². The van der Waals surface area contributed by atoms with Crippen LogP contribution in [0.1, 0.15) is 15.9 Å². The van der Waals surface area contributed by atoms with E-state index in [2.05, 4.69) is 20.7 Å². The lowest BCUT2D eigenvalue weighted by Crippen LogP contribution is -2.39. The van der Waals surface area contributed by atoms with Crippen molar-refractivity contribution in [2.45, 2.75) is 6.54 Å². The van der Waals surface area contributed by atoms with Gasteiger partial charge in [0.2, 0.25) is 0 Å². The summed E-state index contributed by atoms with van der Waals surface area (Å²) in [6.45, 7) is 0.233. The molecule has 1 aromatic carbocycles. The van der Waals surface area contributed by atoms with Crippen molar-refractivity contribution in [3.63, 3.8) is 0 Å². The molecule has 0 fully saturated rings. The average molecular weight is 353 g/mol. The van der Waals surface area contributed by atoms with Crippen molar-refractivity contribution in [1.82, 2.24) is 9.13 Å². The van der Waals surface area contributed by atoms with E-state index in [0.717, 1.165) is 5.56 Å². The fraction of sp³-hybridized carbons (Fsp3) is 0.214. The van der Waals surface area contributed by atoms with Crippen molar-refractivity contribution in [1.29, 1.82) is 0 Å². The van der Waals surface area contributed by atoms with Crippen LogP contribution < -0.4 is 11.1 Å². The van der Waals surface area contributed by atoms with E-state index in [0.29, 0.717) is 10.0 Å². The summed E-state index contributed by atoms with van der Waals surface area (Å²) in [7, 11) is 2.83. The van der Waals surface area contributed by atoms with E-state index in [1.807, 2.05) is 0 Å². The zero-order chi connectivity index (χ0) is 15.6. The molecule has 2 rings (SSSR count). The predicted octanol–water partition coefficient (Wildman–Crippen LogP) is 1.14. The minimum absolute atomic E-state index is 0.233. The first-order chi connectivity index (χ1) is 9.93. The molecule has 1 aromatic heterocycles. The number of hydrogen-bond donors (Lipinski definition) is 0. The molecule has 0 radical (unpaired) electrons. The summed E-state index contributed by atoms with van der Waals surface area (Å²) >= 11 is 3.35. The van der Waals surface area contributed by atoms with Gasteiger partial charge < -0.3 is 13.9 Å². The summed E-state index contributed by atoms with van der Waals surface area (Å²) < 4.78 is 7.85. The molecule has 0 spiro atoms. The highest BCUT2D eigenvalue weighted by molar-refractivity contribution is 9.10. The van der Waals surface area contributed by atoms with Crippen molar-refractivity contribution in [3.05, 3.63) is 66.9 Å². The van der Waals surface area contributed by atoms with E-state index in [-0.39, 0.29) is 6.54 Å². The van der Waals surface area contributed by atoms with Gasteiger partial charge in [0, 0.05) is 23.9 Å². The van der Waals surface area contributed by atoms with Crippen LogP contribution in [0, 0.1) is 0 Å². The lowest BCUT2D eigenvalue weighted by molar-refractivity contribution is 0.0600. The molecule has 0 saturated carbocycles. The number of halogens is 1. The minimum atomic E-state index is -0.594. The Labute approximate surface area is 128 Å². The van der Waals surface area contributed by atoms with Crippen LogP contribution >= 0.6 is 15.9 Å². The number of benzene rings is 1. The van der Waals surface area contributed by atoms with E-state index in [4.69, 9.17) is 0 Å². The maximum Gasteiger partial charge on any atom is 0.337 e. The monoisotopic (exact) mass is 352 g/mol. The topological polar surface area (TPSA) is 70.3 Å². The van der Waals surface area contributed by atoms with Gasteiger partial charge in [0.15, 0.2) is 0 Å². The molecule has 0 aliphatic carbocycles. The highest BCUT2D eigenvalue weighted by Gasteiger charge is 2.10. The first-order valence-electron chi connectivity index (χ1n) is 6.07. The Morgan fingerprint density at radius 1 is 1.24 bits per heavy atom. The number of aromatic nitrogens is 2. The van der Waals surface area contributed by atoms with Crippen molar-refractivity contribution in [2.24, 2.45) is 7.05 Å². The summed E-state index contributed by atoms with van der Waals surface area (Å²) in [6, 6.07) is 4.94. The molecular formula is C14H13BrN2O4. The molecule has 0 aliphatic heterocycles. The van der Waals surface area contributed by atoms with Crippen LogP contribution in [-0.2, 0) is 18.3 Å². The second-order valence-electron chi connectivity index (χ2n) is 4.45. The van der Waals surface area contributed by atoms with Crippen LogP contribution in [0.3, 0.4) is 0 Å². The number of nitrogens with zero attached hydrogens (tertiary/aromatic N) is 2. The zero-order valence-corrected chi connectivity index (χ0v) is 13.1. The molecule has 1 heterocycles. The average Bonchev–Trinajstić information content (AvgIpc) is 2.48. The van der Waals surface area contributed by atoms with Crippen LogP contribution in [0.25, 0.3) is 0 Å². The van der Waals surface area contributed by atoms with Crippen LogP contribution in [0.15, 0.2) is 44.7 Å². The van der Waals surface area contributed by atoms with Crippen LogP contribution in [-0.4, -0.2) is 22.2 Å². The van der Waals surface area contributed by atoms with Gasteiger partial charge in [-0.2, -0.15) is 0 Å². The smallest absolute Gasteiger partial charge is 0.337 e. The number of aryl methyl sites for hydroxylation is 1. The highest BCUT2D eigenvalue weighted by Crippen LogP contribution is 2.19. The Kier molecular flexibility index (Phi) is 4.42. The largest absolute Gasteiger partial charge is 0.465 e. The lowest BCUT2D eigenvalue weighted by atomic mass is 10.1. The second kappa shape index (κ2) is 6.09. The number of carbonyl (C=O) groups excluding carboxylic acids is 1. The molecule has 6 nitrogen and oxygen atoms in total. The van der Waals surface area contributed by atoms with E-state index < -0.39 is 17.1 Å². The summed E-state index contributed by atoms with van der Waals surface area (Å²) in [5.41, 5.74) is 0.00574. The van der Waals surface area contributed by atoms with Gasteiger partial charge in [0.05, 0.1) is 19.2 Å². The quantitative estimate of drug-likeness (QED) is 0.613. The van der Waals surface area contributed by atoms with Crippen molar-refractivity contribution in [3.8, 4) is 0 Å². The molecule has 110 valence electrons. The predicted molar refractivity (Wildman–Crippen MR) is 80.5 cm³/mol.